The van der Waals surface area contributed by atoms with E-state index in [0.717, 1.165) is 17.7 Å². The molecule has 408 valence electrons. The molecule has 17 atom stereocenters. The number of benzene rings is 1. The SMILES string of the molecule is CO[C@H]1C[C@@H]2CC[C@@H](C)[C@@](O)(O2)C(=O)C(=O)N2CCCC[C@H]2C(=O)O[C@H]([C@H](C)C[C@@H]2CC[C@@H](O)[C@H](OC)C2)CC(=O)[C@H](C)C=C(C)[C@@H](O)[C@@H](OC)C(=O)[C@H](C)C[C@H](C)C2CC[C@H](C=C1C)ON2c1ccccc1. The first-order chi connectivity index (χ1) is 34.7. The summed E-state index contributed by atoms with van der Waals surface area (Å²) in [6.45, 7) is 12.9. The van der Waals surface area contributed by atoms with E-state index >= 15 is 0 Å². The molecule has 4 bridgehead atoms. The molecule has 0 radical (unpaired) electrons. The van der Waals surface area contributed by atoms with Crippen LogP contribution >= 0.6 is 0 Å². The Balaban J connectivity index is 1.34. The summed E-state index contributed by atoms with van der Waals surface area (Å²) in [5.74, 6) is -8.21. The summed E-state index contributed by atoms with van der Waals surface area (Å²) in [6, 6.07) is 8.56. The van der Waals surface area contributed by atoms with Gasteiger partial charge >= 0.3 is 5.97 Å². The molecule has 3 N–H and O–H groups in total. The molecule has 6 aliphatic rings. The Morgan fingerprint density at radius 1 is 0.808 bits per heavy atom. The number of allylic oxidation sites excluding steroid dienone is 1. The van der Waals surface area contributed by atoms with Crippen molar-refractivity contribution in [1.82, 2.24) is 4.90 Å². The van der Waals surface area contributed by atoms with Crippen LogP contribution in [0.1, 0.15) is 138 Å². The van der Waals surface area contributed by atoms with Crippen molar-refractivity contribution >= 4 is 34.9 Å². The van der Waals surface area contributed by atoms with Crippen molar-refractivity contribution in [3.05, 3.63) is 53.6 Å². The zero-order valence-electron chi connectivity index (χ0n) is 45.1. The zero-order valence-corrected chi connectivity index (χ0v) is 45.1. The Hall–Kier alpha value is -3.87. The van der Waals surface area contributed by atoms with Crippen LogP contribution in [-0.4, -0.2) is 144 Å². The van der Waals surface area contributed by atoms with E-state index in [1.54, 1.807) is 41.1 Å². The van der Waals surface area contributed by atoms with Gasteiger partial charge in [-0.2, -0.15) is 0 Å². The Kier molecular flexibility index (Phi) is 21.0. The zero-order chi connectivity index (χ0) is 53.3. The predicted octanol–water partition coefficient (Wildman–Crippen LogP) is 7.04. The average molecular weight is 1020 g/mol. The third-order valence-electron chi connectivity index (χ3n) is 16.9. The molecule has 1 unspecified atom stereocenters. The van der Waals surface area contributed by atoms with Crippen molar-refractivity contribution in [2.75, 3.05) is 32.9 Å². The molecule has 1 aromatic rings. The van der Waals surface area contributed by atoms with Crippen LogP contribution in [0.5, 0.6) is 0 Å². The number of rotatable bonds is 7. The summed E-state index contributed by atoms with van der Waals surface area (Å²) in [6.07, 6.45) is 4.36. The Morgan fingerprint density at radius 3 is 2.22 bits per heavy atom. The molecule has 0 spiro atoms. The molecule has 1 saturated carbocycles. The van der Waals surface area contributed by atoms with Crippen LogP contribution in [0.25, 0.3) is 0 Å². The van der Waals surface area contributed by atoms with Gasteiger partial charge in [0.25, 0.3) is 11.7 Å². The van der Waals surface area contributed by atoms with E-state index in [9.17, 15) is 39.3 Å². The van der Waals surface area contributed by atoms with E-state index in [-0.39, 0.29) is 73.4 Å². The topological polar surface area (TPSA) is 208 Å². The molecule has 73 heavy (non-hydrogen) atoms. The summed E-state index contributed by atoms with van der Waals surface area (Å²) in [7, 11) is 4.56. The molecule has 1 amide bonds. The number of fused-ring (bicyclic) bond motifs is 17. The van der Waals surface area contributed by atoms with Gasteiger partial charge in [-0.15, -0.1) is 0 Å². The molecule has 16 heteroatoms. The third-order valence-corrected chi connectivity index (χ3v) is 16.9. The van der Waals surface area contributed by atoms with Gasteiger partial charge in [-0.1, -0.05) is 65.0 Å². The van der Waals surface area contributed by atoms with Gasteiger partial charge in [0, 0.05) is 58.5 Å². The van der Waals surface area contributed by atoms with Gasteiger partial charge in [0.1, 0.15) is 36.2 Å². The summed E-state index contributed by atoms with van der Waals surface area (Å²) in [5.41, 5.74) is 2.11. The highest BCUT2D eigenvalue weighted by molar-refractivity contribution is 6.39. The maximum absolute atomic E-state index is 14.5. The highest BCUT2D eigenvalue weighted by Gasteiger charge is 2.53. The fraction of sp³-hybridized carbons (Fsp3) is 0.737. The maximum atomic E-state index is 14.5. The molecular weight excluding hydrogens is 937 g/mol. The number of nitrogens with zero attached hydrogens (tertiary/aromatic N) is 2. The van der Waals surface area contributed by atoms with E-state index in [1.165, 1.54) is 12.0 Å². The first-order valence-electron chi connectivity index (χ1n) is 27.1. The Morgan fingerprint density at radius 2 is 1.53 bits per heavy atom. The number of Topliss-reactive ketones (excluding diaryl/α,β-unsaturated/α-hetero) is 3. The molecular formula is C57H86N2O14. The number of methoxy groups -OCH3 is 3. The molecule has 16 nitrogen and oxygen atoms in total. The second kappa shape index (κ2) is 26.3. The fourth-order valence-corrected chi connectivity index (χ4v) is 12.1. The lowest BCUT2D eigenvalue weighted by atomic mass is 9.78. The maximum Gasteiger partial charge on any atom is 0.329 e. The van der Waals surface area contributed by atoms with Gasteiger partial charge in [-0.05, 0) is 132 Å². The standard InChI is InChI=1S/C57H86N2O14/c1-33-26-37(5)51(62)53(70-10)52(63)38(6)27-34(2)47(61)32-49(35(3)28-40-20-24-46(60)50(30-40)69-9)71-56(66)45-18-14-15-25-58(45)55(65)54(64)57(67)39(7)19-21-42(72-57)31-48(68-8)36(4)29-43-22-23-44(33)59(73-43)41-16-12-11-13-17-41/h11-13,16-17,27,29,33-35,37,39-40,42-46,48-50,52-53,60,63,67H,14-15,18-26,28,30-32H2,1-10H3/t33-,34+,35+,37+,39+,40-,42-,43+,44?,45-,46+,48-,49-,50+,52+,53-,57+/m0/s1. The normalized spacial score (nSPS) is 38.0. The van der Waals surface area contributed by atoms with Crippen LogP contribution in [-0.2, 0) is 52.5 Å². The number of ether oxygens (including phenoxy) is 5. The number of piperidine rings is 1. The monoisotopic (exact) mass is 1020 g/mol. The van der Waals surface area contributed by atoms with Crippen molar-refractivity contribution in [2.45, 2.75) is 205 Å². The van der Waals surface area contributed by atoms with Crippen LogP contribution in [0.2, 0.25) is 0 Å². The minimum atomic E-state index is -2.46. The summed E-state index contributed by atoms with van der Waals surface area (Å²) >= 11 is 0. The molecule has 0 aromatic heterocycles. The minimum absolute atomic E-state index is 0.0349. The number of hydroxylamine groups is 1. The van der Waals surface area contributed by atoms with Crippen LogP contribution in [0.3, 0.4) is 0 Å². The van der Waals surface area contributed by atoms with Gasteiger partial charge in [-0.25, -0.2) is 4.79 Å². The van der Waals surface area contributed by atoms with Crippen molar-refractivity contribution in [3.63, 3.8) is 0 Å². The second-order valence-electron chi connectivity index (χ2n) is 22.3. The van der Waals surface area contributed by atoms with Crippen LogP contribution < -0.4 is 5.06 Å². The quantitative estimate of drug-likeness (QED) is 0.142. The number of para-hydroxylation sites is 1. The first-order valence-corrected chi connectivity index (χ1v) is 27.1. The van der Waals surface area contributed by atoms with Gasteiger partial charge in [-0.3, -0.25) is 29.1 Å². The van der Waals surface area contributed by atoms with Crippen molar-refractivity contribution < 1.29 is 67.8 Å². The van der Waals surface area contributed by atoms with Crippen molar-refractivity contribution in [1.29, 1.82) is 0 Å². The number of carbonyl (C=O) groups excluding carboxylic acids is 5. The lowest BCUT2D eigenvalue weighted by Gasteiger charge is -2.43. The van der Waals surface area contributed by atoms with E-state index in [4.69, 9.17) is 28.5 Å². The average Bonchev–Trinajstić information content (AvgIpc) is 3.38. The molecule has 7 rings (SSSR count). The number of anilines is 1. The second-order valence-corrected chi connectivity index (χ2v) is 22.3. The molecule has 5 aliphatic heterocycles. The number of hydrogen-bond acceptors (Lipinski definition) is 15. The number of ketones is 3. The summed E-state index contributed by atoms with van der Waals surface area (Å²) in [5, 5.41) is 36.3. The molecule has 1 aromatic carbocycles. The van der Waals surface area contributed by atoms with E-state index < -0.39 is 83.9 Å². The first kappa shape index (κ1) is 58.4. The summed E-state index contributed by atoms with van der Waals surface area (Å²) < 4.78 is 29.9. The smallest absolute Gasteiger partial charge is 0.329 e. The largest absolute Gasteiger partial charge is 0.460 e. The van der Waals surface area contributed by atoms with E-state index in [1.807, 2.05) is 62.2 Å². The molecule has 4 fully saturated rings. The van der Waals surface area contributed by atoms with Gasteiger partial charge in [0.15, 0.2) is 5.78 Å². The fourth-order valence-electron chi connectivity index (χ4n) is 12.1. The highest BCUT2D eigenvalue weighted by atomic mass is 16.7. The number of esters is 1. The molecule has 5 heterocycles. The van der Waals surface area contributed by atoms with Crippen LogP contribution in [0, 0.1) is 35.5 Å². The van der Waals surface area contributed by atoms with E-state index in [0.29, 0.717) is 69.8 Å². The predicted molar refractivity (Wildman–Crippen MR) is 274 cm³/mol. The number of hydrogen-bond donors (Lipinski definition) is 3. The van der Waals surface area contributed by atoms with Gasteiger partial charge in [0.05, 0.1) is 36.1 Å². The number of aliphatic hydroxyl groups excluding tert-OH is 2. The Labute approximate surface area is 433 Å². The van der Waals surface area contributed by atoms with Crippen LogP contribution in [0.15, 0.2) is 53.6 Å². The molecule has 3 saturated heterocycles. The number of carbonyl (C=O) groups is 5. The highest BCUT2D eigenvalue weighted by Crippen LogP contribution is 2.39. The Bertz CT molecular complexity index is 2100. The third kappa shape index (κ3) is 14.1. The number of aliphatic hydroxyl groups is 3. The van der Waals surface area contributed by atoms with Crippen molar-refractivity contribution in [2.24, 2.45) is 35.5 Å². The lowest BCUT2D eigenvalue weighted by molar-refractivity contribution is -0.265. The van der Waals surface area contributed by atoms with E-state index in [2.05, 4.69) is 6.92 Å². The minimum Gasteiger partial charge on any atom is -0.460 e. The van der Waals surface area contributed by atoms with Gasteiger partial charge < -0.3 is 43.9 Å². The van der Waals surface area contributed by atoms with Crippen molar-refractivity contribution in [3.8, 4) is 0 Å². The lowest BCUT2D eigenvalue weighted by Crippen LogP contribution is -2.61. The number of amides is 1. The molecule has 1 aliphatic carbocycles. The van der Waals surface area contributed by atoms with Crippen LogP contribution in [0.4, 0.5) is 5.69 Å². The summed E-state index contributed by atoms with van der Waals surface area (Å²) in [4.78, 5) is 79.9. The van der Waals surface area contributed by atoms with Gasteiger partial charge in [0.2, 0.25) is 5.79 Å².